The Morgan fingerprint density at radius 1 is 1.10 bits per heavy atom. The first-order chi connectivity index (χ1) is 19.2. The molecule has 1 aromatic heterocycles. The van der Waals surface area contributed by atoms with Crippen LogP contribution >= 0.6 is 19.2 Å². The van der Waals surface area contributed by atoms with Crippen molar-refractivity contribution in [1.82, 2.24) is 4.98 Å². The highest BCUT2D eigenvalue weighted by molar-refractivity contribution is 7.53. The monoisotopic (exact) mass is 587 g/mol. The van der Waals surface area contributed by atoms with Gasteiger partial charge in [-0.05, 0) is 79.3 Å². The van der Waals surface area contributed by atoms with Crippen LogP contribution in [0.5, 0.6) is 11.5 Å². The van der Waals surface area contributed by atoms with Gasteiger partial charge in [-0.25, -0.2) is 4.39 Å². The van der Waals surface area contributed by atoms with Crippen LogP contribution < -0.4 is 4.74 Å². The van der Waals surface area contributed by atoms with Gasteiger partial charge in [-0.2, -0.15) is 0 Å². The Kier molecular flexibility index (Phi) is 9.16. The number of hydrogen-bond acceptors (Lipinski definition) is 6. The van der Waals surface area contributed by atoms with E-state index in [9.17, 15) is 9.67 Å². The minimum absolute atomic E-state index is 0.00358. The molecule has 2 aliphatic rings. The van der Waals surface area contributed by atoms with Crippen LogP contribution in [0, 0.1) is 19.7 Å². The zero-order valence-corrected chi connectivity index (χ0v) is 24.6. The number of aromatic nitrogens is 1. The molecule has 2 aromatic carbocycles. The molecular weight excluding hydrogens is 552 g/mol. The second kappa shape index (κ2) is 12.6. The van der Waals surface area contributed by atoms with Gasteiger partial charge in [0.2, 0.25) is 0 Å². The molecule has 0 amide bonds. The number of benzene rings is 2. The lowest BCUT2D eigenvalue weighted by atomic mass is 9.94. The molecule has 0 bridgehead atoms. The highest BCUT2D eigenvalue weighted by Gasteiger charge is 2.36. The molecule has 2 heterocycles. The molecule has 2 fully saturated rings. The van der Waals surface area contributed by atoms with Crippen molar-refractivity contribution in [2.24, 2.45) is 0 Å². The number of hydrogen-bond donors (Lipinski definition) is 1. The minimum atomic E-state index is -3.63. The van der Waals surface area contributed by atoms with Crippen molar-refractivity contribution < 1.29 is 27.8 Å². The van der Waals surface area contributed by atoms with Crippen molar-refractivity contribution in [2.45, 2.75) is 77.2 Å². The van der Waals surface area contributed by atoms with Crippen LogP contribution in [0.4, 0.5) is 4.39 Å². The Morgan fingerprint density at radius 3 is 2.62 bits per heavy atom. The second-order valence-corrected chi connectivity index (χ2v) is 13.2. The number of aryl methyl sites for hydroxylation is 1. The molecule has 0 spiro atoms. The first-order valence-electron chi connectivity index (χ1n) is 14.0. The molecule has 0 radical (unpaired) electrons. The van der Waals surface area contributed by atoms with Gasteiger partial charge in [-0.3, -0.25) is 14.1 Å². The summed E-state index contributed by atoms with van der Waals surface area (Å²) in [6.07, 6.45) is 6.90. The van der Waals surface area contributed by atoms with Crippen molar-refractivity contribution >= 4 is 19.2 Å². The number of aromatic hydroxyl groups is 1. The fraction of sp³-hybridized carbons (Fsp3) is 0.452. The summed E-state index contributed by atoms with van der Waals surface area (Å²) in [5, 5.41) is 11.1. The fourth-order valence-electron chi connectivity index (χ4n) is 5.71. The van der Waals surface area contributed by atoms with Gasteiger partial charge in [-0.1, -0.05) is 49.4 Å². The van der Waals surface area contributed by atoms with Gasteiger partial charge in [0, 0.05) is 29.5 Å². The molecule has 6 nitrogen and oxygen atoms in total. The van der Waals surface area contributed by atoms with Crippen LogP contribution in [0.25, 0.3) is 0 Å². The summed E-state index contributed by atoms with van der Waals surface area (Å²) in [6.45, 7) is 3.84. The quantitative estimate of drug-likeness (QED) is 0.220. The van der Waals surface area contributed by atoms with Crippen molar-refractivity contribution in [3.8, 4) is 11.5 Å². The molecule has 1 N–H and O–H groups in total. The number of rotatable bonds is 7. The van der Waals surface area contributed by atoms with Gasteiger partial charge >= 0.3 is 7.60 Å². The Balaban J connectivity index is 1.30. The molecule has 1 saturated carbocycles. The van der Waals surface area contributed by atoms with E-state index in [1.807, 2.05) is 19.1 Å². The van der Waals surface area contributed by atoms with E-state index in [2.05, 4.69) is 0 Å². The van der Waals surface area contributed by atoms with Crippen LogP contribution in [0.15, 0.2) is 42.5 Å². The smallest absolute Gasteiger partial charge is 0.368 e. The molecule has 3 aromatic rings. The third-order valence-corrected chi connectivity index (χ3v) is 9.77. The molecule has 9 heteroatoms. The van der Waals surface area contributed by atoms with Crippen molar-refractivity contribution in [3.05, 3.63) is 86.9 Å². The van der Waals surface area contributed by atoms with E-state index in [0.29, 0.717) is 23.4 Å². The second-order valence-electron chi connectivity index (χ2n) is 10.8. The first-order valence-corrected chi connectivity index (χ1v) is 16.1. The Bertz CT molecular complexity index is 1410. The first kappa shape index (κ1) is 29.1. The maximum absolute atomic E-state index is 15.5. The molecule has 40 heavy (non-hydrogen) atoms. The van der Waals surface area contributed by atoms with Gasteiger partial charge in [0.05, 0.1) is 18.4 Å². The molecule has 1 saturated heterocycles. The zero-order chi connectivity index (χ0) is 28.3. The van der Waals surface area contributed by atoms with Crippen LogP contribution in [0.1, 0.15) is 90.6 Å². The van der Waals surface area contributed by atoms with E-state index in [4.69, 9.17) is 30.4 Å². The van der Waals surface area contributed by atoms with Crippen LogP contribution in [-0.2, 0) is 20.0 Å². The molecule has 1 aliphatic carbocycles. The van der Waals surface area contributed by atoms with Gasteiger partial charge in [0.25, 0.3) is 0 Å². The third-order valence-electron chi connectivity index (χ3n) is 7.94. The molecule has 214 valence electrons. The largest absolute Gasteiger partial charge is 0.506 e. The highest BCUT2D eigenvalue weighted by Crippen LogP contribution is 2.56. The number of ether oxygens (including phenoxy) is 1. The molecule has 2 unspecified atom stereocenters. The minimum Gasteiger partial charge on any atom is -0.506 e. The van der Waals surface area contributed by atoms with Crippen LogP contribution in [-0.4, -0.2) is 23.0 Å². The zero-order valence-electron chi connectivity index (χ0n) is 23.0. The van der Waals surface area contributed by atoms with Crippen molar-refractivity contribution in [3.63, 3.8) is 0 Å². The Labute approximate surface area is 240 Å². The highest BCUT2D eigenvalue weighted by atomic mass is 35.5. The van der Waals surface area contributed by atoms with E-state index in [1.165, 1.54) is 12.8 Å². The van der Waals surface area contributed by atoms with Gasteiger partial charge in [-0.15, -0.1) is 0 Å². The summed E-state index contributed by atoms with van der Waals surface area (Å²) in [7, 11) is -3.63. The lowest BCUT2D eigenvalue weighted by Gasteiger charge is -2.30. The number of pyridine rings is 1. The average Bonchev–Trinajstić information content (AvgIpc) is 3.23. The Morgan fingerprint density at radius 2 is 1.88 bits per heavy atom. The van der Waals surface area contributed by atoms with E-state index < -0.39 is 25.9 Å². The number of halogens is 2. The normalized spacial score (nSPS) is 22.1. The van der Waals surface area contributed by atoms with Crippen molar-refractivity contribution in [1.29, 1.82) is 0 Å². The van der Waals surface area contributed by atoms with Crippen LogP contribution in [0.2, 0.25) is 5.02 Å². The third kappa shape index (κ3) is 6.71. The summed E-state index contributed by atoms with van der Waals surface area (Å²) in [5.74, 6) is -0.0246. The number of nitrogens with zero attached hydrogens (tertiary/aromatic N) is 1. The predicted molar refractivity (Wildman–Crippen MR) is 154 cm³/mol. The Hall–Kier alpha value is -2.44. The van der Waals surface area contributed by atoms with Gasteiger partial charge < -0.3 is 14.4 Å². The summed E-state index contributed by atoms with van der Waals surface area (Å²) in [5.41, 5.74) is 4.44. The maximum Gasteiger partial charge on any atom is 0.368 e. The summed E-state index contributed by atoms with van der Waals surface area (Å²) >= 11 is 6.11. The van der Waals surface area contributed by atoms with Crippen molar-refractivity contribution in [2.75, 3.05) is 13.0 Å². The standard InChI is InChI=1S/C31H36ClFNO5P/c1-20-16-29(37-19-40(36)38-15-14-28(39-40)23-10-7-11-24(32)17-23)30(33)21(2)26(20)18-25-12-13-27(35)31(34-25)22-8-5-3-4-6-9-22/h7,10-13,16-17,22,28,35H,3-6,8-9,14-15,18-19H2,1-2H3. The fourth-order valence-corrected chi connectivity index (χ4v) is 7.40. The summed E-state index contributed by atoms with van der Waals surface area (Å²) in [4.78, 5) is 4.83. The lowest BCUT2D eigenvalue weighted by molar-refractivity contribution is 0.0722. The maximum atomic E-state index is 15.5. The van der Waals surface area contributed by atoms with Gasteiger partial charge in [0.1, 0.15) is 5.75 Å². The molecular formula is C31H36ClFNO5P. The molecule has 2 atom stereocenters. The lowest BCUT2D eigenvalue weighted by Crippen LogP contribution is -2.17. The SMILES string of the molecule is Cc1cc(OCP2(=O)OCCC(c3cccc(Cl)c3)O2)c(F)c(C)c1Cc1ccc(O)c(C2CCCCCC2)n1. The summed E-state index contributed by atoms with van der Waals surface area (Å²) in [6, 6.07) is 12.3. The predicted octanol–water partition coefficient (Wildman–Crippen LogP) is 8.93. The van der Waals surface area contributed by atoms with Crippen LogP contribution in [0.3, 0.4) is 0 Å². The van der Waals surface area contributed by atoms with E-state index in [0.717, 1.165) is 53.8 Å². The van der Waals surface area contributed by atoms with E-state index >= 15 is 4.39 Å². The average molecular weight is 588 g/mol. The van der Waals surface area contributed by atoms with E-state index in [-0.39, 0.29) is 24.0 Å². The molecule has 5 rings (SSSR count). The van der Waals surface area contributed by atoms with Gasteiger partial charge in [0.15, 0.2) is 17.9 Å². The van der Waals surface area contributed by atoms with E-state index in [1.54, 1.807) is 37.3 Å². The summed E-state index contributed by atoms with van der Waals surface area (Å²) < 4.78 is 45.8. The molecule has 1 aliphatic heterocycles. The topological polar surface area (TPSA) is 77.9 Å².